The summed E-state index contributed by atoms with van der Waals surface area (Å²) in [7, 11) is 0. The summed E-state index contributed by atoms with van der Waals surface area (Å²) >= 11 is 0. The lowest BCUT2D eigenvalue weighted by Gasteiger charge is -2.32. The highest BCUT2D eigenvalue weighted by molar-refractivity contribution is 5.84. The predicted octanol–water partition coefficient (Wildman–Crippen LogP) is 2.43. The quantitative estimate of drug-likeness (QED) is 0.129. The van der Waals surface area contributed by atoms with Crippen molar-refractivity contribution in [1.29, 1.82) is 0 Å². The molecule has 6 rings (SSSR count). The van der Waals surface area contributed by atoms with Crippen LogP contribution in [0.4, 0.5) is 0 Å². The lowest BCUT2D eigenvalue weighted by Crippen LogP contribution is -2.57. The smallest absolute Gasteiger partial charge is 0.252 e. The van der Waals surface area contributed by atoms with E-state index < -0.39 is 60.5 Å². The van der Waals surface area contributed by atoms with Gasteiger partial charge in [-0.05, 0) is 33.4 Å². The van der Waals surface area contributed by atoms with Crippen LogP contribution in [0.25, 0.3) is 0 Å². The van der Waals surface area contributed by atoms with Crippen molar-refractivity contribution in [3.8, 4) is 0 Å². The Morgan fingerprint density at radius 2 is 0.938 bits per heavy atom. The molecule has 0 heterocycles. The van der Waals surface area contributed by atoms with Gasteiger partial charge in [-0.25, -0.2) is 0 Å². The molecule has 10 nitrogen and oxygen atoms in total. The third-order valence-electron chi connectivity index (χ3n) is 9.04. The van der Waals surface area contributed by atoms with E-state index in [0.717, 1.165) is 22.3 Å². The number of hydrogen-bond donors (Lipinski definition) is 6. The van der Waals surface area contributed by atoms with Gasteiger partial charge in [0.05, 0.1) is 37.5 Å². The van der Waals surface area contributed by atoms with Gasteiger partial charge in [-0.2, -0.15) is 0 Å². The number of hydrogen-bond acceptors (Lipinski definition) is 8. The average Bonchev–Trinajstić information content (AvgIpc) is 3.59. The number of carbonyl (C=O) groups excluding carboxylic acids is 2. The first kappa shape index (κ1) is 33.5. The molecule has 4 aromatic rings. The summed E-state index contributed by atoms with van der Waals surface area (Å²) in [5, 5.41) is 50.5. The Bertz CT molecular complexity index is 1560. The molecule has 2 aliphatic carbocycles. The molecule has 0 aliphatic heterocycles. The van der Waals surface area contributed by atoms with Crippen molar-refractivity contribution < 1.29 is 39.5 Å². The molecule has 0 saturated heterocycles. The Morgan fingerprint density at radius 1 is 0.583 bits per heavy atom. The average molecular weight is 653 g/mol. The zero-order chi connectivity index (χ0) is 33.6. The van der Waals surface area contributed by atoms with Crippen LogP contribution in [0.15, 0.2) is 109 Å². The number of nitrogens with one attached hydrogen (secondary N) is 2. The summed E-state index contributed by atoms with van der Waals surface area (Å²) in [6.07, 6.45) is -8.32. The minimum Gasteiger partial charge on any atom is -0.390 e. The summed E-state index contributed by atoms with van der Waals surface area (Å²) in [6.45, 7) is -0.168. The maximum Gasteiger partial charge on any atom is 0.252 e. The van der Waals surface area contributed by atoms with Gasteiger partial charge >= 0.3 is 0 Å². The third-order valence-corrected chi connectivity index (χ3v) is 9.04. The van der Waals surface area contributed by atoms with Crippen LogP contribution in [0.1, 0.15) is 45.5 Å². The van der Waals surface area contributed by atoms with Crippen LogP contribution < -0.4 is 10.6 Å². The lowest BCUT2D eigenvalue weighted by molar-refractivity contribution is -0.171. The summed E-state index contributed by atoms with van der Waals surface area (Å²) in [6, 6.07) is 31.2. The van der Waals surface area contributed by atoms with E-state index in [1.54, 1.807) is 48.5 Å². The van der Waals surface area contributed by atoms with Gasteiger partial charge in [-0.3, -0.25) is 9.59 Å². The molecule has 6 N–H and O–H groups in total. The van der Waals surface area contributed by atoms with Crippen LogP contribution in [0, 0.1) is 0 Å². The molecular formula is C38H40N2O8. The van der Waals surface area contributed by atoms with E-state index in [1.165, 1.54) is 0 Å². The predicted molar refractivity (Wildman–Crippen MR) is 176 cm³/mol. The maximum absolute atomic E-state index is 13.9. The van der Waals surface area contributed by atoms with Crippen molar-refractivity contribution in [3.63, 3.8) is 0 Å². The highest BCUT2D eigenvalue weighted by atomic mass is 16.5. The molecule has 0 saturated carbocycles. The van der Waals surface area contributed by atoms with Crippen molar-refractivity contribution in [2.45, 2.75) is 74.8 Å². The molecule has 0 bridgehead atoms. The number of aliphatic hydroxyl groups excluding tert-OH is 4. The standard InChI is InChI=1S/C38H40N2O8/c41-29-19-25-15-7-9-17-27(25)31(29)39-37(45)35(47-21-23-11-3-1-4-12-23)33(43)34(44)36(48-22-24-13-5-2-6-14-24)38(46)40-32-28-18-10-8-16-26(28)20-30(32)42/h1-18,29-36,41-44H,19-22H2,(H,39,45)(H,40,46)/t29-,30-,31+,32?,33-,34-,35-,36-/m1/s1. The van der Waals surface area contributed by atoms with Crippen molar-refractivity contribution in [2.75, 3.05) is 0 Å². The van der Waals surface area contributed by atoms with E-state index in [4.69, 9.17) is 9.47 Å². The van der Waals surface area contributed by atoms with Crippen LogP contribution in [-0.4, -0.2) is 68.9 Å². The first-order chi connectivity index (χ1) is 23.3. The van der Waals surface area contributed by atoms with Crippen molar-refractivity contribution >= 4 is 11.8 Å². The molecule has 2 amide bonds. The fourth-order valence-electron chi connectivity index (χ4n) is 6.50. The molecule has 10 heteroatoms. The van der Waals surface area contributed by atoms with Crippen LogP contribution >= 0.6 is 0 Å². The van der Waals surface area contributed by atoms with Gasteiger partial charge in [0.1, 0.15) is 12.2 Å². The fraction of sp³-hybridized carbons (Fsp3) is 0.316. The van der Waals surface area contributed by atoms with Crippen molar-refractivity contribution in [3.05, 3.63) is 143 Å². The third kappa shape index (κ3) is 7.50. The Kier molecular flexibility index (Phi) is 10.6. The molecule has 4 aromatic carbocycles. The van der Waals surface area contributed by atoms with E-state index in [0.29, 0.717) is 24.0 Å². The zero-order valence-electron chi connectivity index (χ0n) is 26.3. The summed E-state index contributed by atoms with van der Waals surface area (Å²) in [5.74, 6) is -1.55. The molecular weight excluding hydrogens is 612 g/mol. The lowest BCUT2D eigenvalue weighted by atomic mass is 9.99. The van der Waals surface area contributed by atoms with E-state index in [9.17, 15) is 30.0 Å². The second-order valence-corrected chi connectivity index (χ2v) is 12.3. The van der Waals surface area contributed by atoms with Crippen molar-refractivity contribution in [1.82, 2.24) is 10.6 Å². The molecule has 250 valence electrons. The Labute approximate surface area is 279 Å². The first-order valence-corrected chi connectivity index (χ1v) is 16.1. The minimum atomic E-state index is -1.94. The minimum absolute atomic E-state index is 0.0840. The van der Waals surface area contributed by atoms with Gasteiger partial charge in [0.25, 0.3) is 11.8 Å². The van der Waals surface area contributed by atoms with E-state index in [1.807, 2.05) is 60.7 Å². The van der Waals surface area contributed by atoms with Crippen molar-refractivity contribution in [2.24, 2.45) is 0 Å². The van der Waals surface area contributed by atoms with Gasteiger partial charge in [-0.1, -0.05) is 109 Å². The second-order valence-electron chi connectivity index (χ2n) is 12.3. The Hall–Kier alpha value is -4.42. The number of ether oxygens (including phenoxy) is 2. The van der Waals surface area contributed by atoms with Crippen LogP contribution in [0.2, 0.25) is 0 Å². The molecule has 2 aliphatic rings. The van der Waals surface area contributed by atoms with Crippen LogP contribution in [-0.2, 0) is 45.1 Å². The van der Waals surface area contributed by atoms with Crippen LogP contribution in [0.3, 0.4) is 0 Å². The summed E-state index contributed by atoms with van der Waals surface area (Å²) in [4.78, 5) is 27.7. The van der Waals surface area contributed by atoms with Gasteiger partial charge in [0.2, 0.25) is 0 Å². The number of aliphatic hydroxyl groups is 4. The number of carbonyl (C=O) groups is 2. The molecule has 0 radical (unpaired) electrons. The highest BCUT2D eigenvalue weighted by Crippen LogP contribution is 2.33. The van der Waals surface area contributed by atoms with Gasteiger partial charge in [-0.15, -0.1) is 0 Å². The van der Waals surface area contributed by atoms with E-state index >= 15 is 0 Å². The topological polar surface area (TPSA) is 158 Å². The Morgan fingerprint density at radius 3 is 1.33 bits per heavy atom. The van der Waals surface area contributed by atoms with E-state index in [-0.39, 0.29) is 13.2 Å². The number of fused-ring (bicyclic) bond motifs is 2. The molecule has 0 spiro atoms. The number of benzene rings is 4. The molecule has 0 fully saturated rings. The monoisotopic (exact) mass is 652 g/mol. The normalized spacial score (nSPS) is 22.2. The first-order valence-electron chi connectivity index (χ1n) is 16.1. The summed E-state index contributed by atoms with van der Waals surface area (Å²) in [5.41, 5.74) is 4.69. The van der Waals surface area contributed by atoms with E-state index in [2.05, 4.69) is 10.6 Å². The van der Waals surface area contributed by atoms with Crippen LogP contribution in [0.5, 0.6) is 0 Å². The van der Waals surface area contributed by atoms with Gasteiger partial charge in [0, 0.05) is 12.8 Å². The maximum atomic E-state index is 13.9. The Balaban J connectivity index is 1.25. The SMILES string of the molecule is O=C(NC1c2ccccc2C[C@H]1O)[C@H](OCc1ccccc1)[C@H](O)[C@@H](O)[C@@H](OCc1ccccc1)C(=O)N[C@H]1c2ccccc2C[C@H]1O. The number of amides is 2. The second kappa shape index (κ2) is 15.2. The fourth-order valence-corrected chi connectivity index (χ4v) is 6.50. The van der Waals surface area contributed by atoms with Gasteiger partial charge < -0.3 is 40.5 Å². The molecule has 1 unspecified atom stereocenters. The highest BCUT2D eigenvalue weighted by Gasteiger charge is 2.44. The molecule has 8 atom stereocenters. The summed E-state index contributed by atoms with van der Waals surface area (Å²) < 4.78 is 11.9. The number of rotatable bonds is 13. The molecule has 0 aromatic heterocycles. The molecule has 48 heavy (non-hydrogen) atoms. The van der Waals surface area contributed by atoms with Gasteiger partial charge in [0.15, 0.2) is 12.2 Å². The zero-order valence-corrected chi connectivity index (χ0v) is 26.3. The largest absolute Gasteiger partial charge is 0.390 e.